The number of hydrogen-bond donors (Lipinski definition) is 0. The molecule has 2 atom stereocenters. The van der Waals surface area contributed by atoms with Gasteiger partial charge in [-0.1, -0.05) is 37.3 Å². The standard InChI is InChI=1S/C22H21F2N5/c1-15(16-3-5-17(6-4-16)22-9-10-26-28(22)2)20(12-29-14-25-13-27-29)19-8-7-18(23)11-21(19)24/h3-11,13-15,20H,12H2,1-2H3/t15-,20?/m1/s1. The summed E-state index contributed by atoms with van der Waals surface area (Å²) in [6, 6.07) is 13.9. The lowest BCUT2D eigenvalue weighted by Gasteiger charge is -2.25. The Labute approximate surface area is 167 Å². The molecule has 4 aromatic rings. The van der Waals surface area contributed by atoms with Crippen LogP contribution in [0.4, 0.5) is 8.78 Å². The van der Waals surface area contributed by atoms with Gasteiger partial charge in [0.25, 0.3) is 0 Å². The van der Waals surface area contributed by atoms with Crippen molar-refractivity contribution < 1.29 is 8.78 Å². The van der Waals surface area contributed by atoms with E-state index in [4.69, 9.17) is 0 Å². The normalized spacial score (nSPS) is 13.4. The molecule has 0 spiro atoms. The second kappa shape index (κ2) is 7.95. The van der Waals surface area contributed by atoms with Crippen LogP contribution in [0.25, 0.3) is 11.3 Å². The third kappa shape index (κ3) is 3.94. The monoisotopic (exact) mass is 393 g/mol. The molecule has 4 rings (SSSR count). The Balaban J connectivity index is 1.67. The largest absolute Gasteiger partial charge is 0.268 e. The maximum atomic E-state index is 14.6. The third-order valence-electron chi connectivity index (χ3n) is 5.37. The van der Waals surface area contributed by atoms with Gasteiger partial charge in [-0.3, -0.25) is 9.36 Å². The molecule has 148 valence electrons. The van der Waals surface area contributed by atoms with E-state index in [0.29, 0.717) is 12.1 Å². The van der Waals surface area contributed by atoms with Crippen LogP contribution in [0, 0.1) is 11.6 Å². The molecule has 0 amide bonds. The summed E-state index contributed by atoms with van der Waals surface area (Å²) in [4.78, 5) is 3.98. The molecule has 29 heavy (non-hydrogen) atoms. The molecule has 5 nitrogen and oxygen atoms in total. The molecule has 0 fully saturated rings. The summed E-state index contributed by atoms with van der Waals surface area (Å²) < 4.78 is 31.5. The van der Waals surface area contributed by atoms with Gasteiger partial charge in [-0.25, -0.2) is 13.8 Å². The Morgan fingerprint density at radius 1 is 1.00 bits per heavy atom. The molecular formula is C22H21F2N5. The van der Waals surface area contributed by atoms with Crippen molar-refractivity contribution in [2.75, 3.05) is 0 Å². The van der Waals surface area contributed by atoms with Crippen LogP contribution in [0.2, 0.25) is 0 Å². The summed E-state index contributed by atoms with van der Waals surface area (Å²) >= 11 is 0. The van der Waals surface area contributed by atoms with Crippen molar-refractivity contribution in [1.29, 1.82) is 0 Å². The molecule has 0 aliphatic rings. The molecule has 0 N–H and O–H groups in total. The first-order chi connectivity index (χ1) is 14.0. The number of rotatable bonds is 6. The van der Waals surface area contributed by atoms with E-state index < -0.39 is 11.6 Å². The second-order valence-corrected chi connectivity index (χ2v) is 7.14. The molecule has 2 heterocycles. The molecular weight excluding hydrogens is 372 g/mol. The molecule has 0 aliphatic heterocycles. The zero-order chi connectivity index (χ0) is 20.4. The molecule has 7 heteroatoms. The van der Waals surface area contributed by atoms with Gasteiger partial charge >= 0.3 is 0 Å². The number of nitrogens with zero attached hydrogens (tertiary/aromatic N) is 5. The topological polar surface area (TPSA) is 48.5 Å². The lowest BCUT2D eigenvalue weighted by Crippen LogP contribution is -2.17. The zero-order valence-electron chi connectivity index (χ0n) is 16.2. The minimum Gasteiger partial charge on any atom is -0.268 e. The molecule has 0 saturated carbocycles. The van der Waals surface area contributed by atoms with E-state index in [1.807, 2.05) is 49.0 Å². The van der Waals surface area contributed by atoms with E-state index in [1.165, 1.54) is 18.5 Å². The van der Waals surface area contributed by atoms with Crippen LogP contribution in [0.5, 0.6) is 0 Å². The van der Waals surface area contributed by atoms with Crippen LogP contribution in [0.1, 0.15) is 29.9 Å². The smallest absolute Gasteiger partial charge is 0.137 e. The van der Waals surface area contributed by atoms with Crippen LogP contribution in [0.3, 0.4) is 0 Å². The fourth-order valence-electron chi connectivity index (χ4n) is 3.70. The lowest BCUT2D eigenvalue weighted by molar-refractivity contribution is 0.441. The first kappa shape index (κ1) is 19.0. The fraction of sp³-hybridized carbons (Fsp3) is 0.227. The Kier molecular flexibility index (Phi) is 5.20. The predicted molar refractivity (Wildman–Crippen MR) is 106 cm³/mol. The van der Waals surface area contributed by atoms with Gasteiger partial charge in [0, 0.05) is 25.2 Å². The highest BCUT2D eigenvalue weighted by Crippen LogP contribution is 2.36. The first-order valence-electron chi connectivity index (χ1n) is 9.38. The summed E-state index contributed by atoms with van der Waals surface area (Å²) in [6.07, 6.45) is 4.81. The van der Waals surface area contributed by atoms with Crippen molar-refractivity contribution >= 4 is 0 Å². The third-order valence-corrected chi connectivity index (χ3v) is 5.37. The Hall–Kier alpha value is -3.35. The molecule has 0 aliphatic carbocycles. The first-order valence-corrected chi connectivity index (χ1v) is 9.38. The summed E-state index contributed by atoms with van der Waals surface area (Å²) in [5.41, 5.74) is 3.60. The Bertz CT molecular complexity index is 1090. The fourth-order valence-corrected chi connectivity index (χ4v) is 3.70. The molecule has 0 saturated heterocycles. The highest BCUT2D eigenvalue weighted by Gasteiger charge is 2.25. The maximum absolute atomic E-state index is 14.6. The lowest BCUT2D eigenvalue weighted by atomic mass is 9.82. The van der Waals surface area contributed by atoms with Gasteiger partial charge in [0.1, 0.15) is 24.3 Å². The van der Waals surface area contributed by atoms with Crippen LogP contribution in [0.15, 0.2) is 67.4 Å². The van der Waals surface area contributed by atoms with Crippen molar-refractivity contribution in [3.63, 3.8) is 0 Å². The van der Waals surface area contributed by atoms with E-state index in [-0.39, 0.29) is 11.8 Å². The van der Waals surface area contributed by atoms with Crippen LogP contribution in [-0.2, 0) is 13.6 Å². The van der Waals surface area contributed by atoms with E-state index in [1.54, 1.807) is 17.2 Å². The van der Waals surface area contributed by atoms with Crippen molar-refractivity contribution in [2.24, 2.45) is 7.05 Å². The second-order valence-electron chi connectivity index (χ2n) is 7.14. The zero-order valence-corrected chi connectivity index (χ0v) is 16.2. The van der Waals surface area contributed by atoms with Crippen molar-refractivity contribution in [3.8, 4) is 11.3 Å². The number of hydrogen-bond acceptors (Lipinski definition) is 3. The number of halogens is 2. The van der Waals surface area contributed by atoms with Gasteiger partial charge < -0.3 is 0 Å². The van der Waals surface area contributed by atoms with Crippen LogP contribution in [-0.4, -0.2) is 24.5 Å². The molecule has 0 bridgehead atoms. The van der Waals surface area contributed by atoms with Gasteiger partial charge in [-0.15, -0.1) is 0 Å². The van der Waals surface area contributed by atoms with Crippen LogP contribution >= 0.6 is 0 Å². The van der Waals surface area contributed by atoms with Crippen molar-refractivity contribution in [3.05, 3.63) is 90.1 Å². The number of benzene rings is 2. The average molecular weight is 393 g/mol. The highest BCUT2D eigenvalue weighted by molar-refractivity contribution is 5.59. The summed E-state index contributed by atoms with van der Waals surface area (Å²) in [7, 11) is 1.90. The quantitative estimate of drug-likeness (QED) is 0.483. The highest BCUT2D eigenvalue weighted by atomic mass is 19.1. The average Bonchev–Trinajstić information content (AvgIpc) is 3.38. The van der Waals surface area contributed by atoms with Gasteiger partial charge in [0.2, 0.25) is 0 Å². The predicted octanol–water partition coefficient (Wildman–Crippen LogP) is 4.54. The SMILES string of the molecule is C[C@H](c1ccc(-c2ccnn2C)cc1)C(Cn1cncn1)c1ccc(F)cc1F. The van der Waals surface area contributed by atoms with E-state index in [2.05, 4.69) is 15.2 Å². The summed E-state index contributed by atoms with van der Waals surface area (Å²) in [5.74, 6) is -1.40. The van der Waals surface area contributed by atoms with Gasteiger partial charge in [0.05, 0.1) is 12.2 Å². The number of aromatic nitrogens is 5. The summed E-state index contributed by atoms with van der Waals surface area (Å²) in [5, 5.41) is 8.37. The molecule has 1 unspecified atom stereocenters. The van der Waals surface area contributed by atoms with Crippen molar-refractivity contribution in [1.82, 2.24) is 24.5 Å². The molecule has 2 aromatic carbocycles. The van der Waals surface area contributed by atoms with Crippen LogP contribution < -0.4 is 0 Å². The van der Waals surface area contributed by atoms with Gasteiger partial charge in [-0.2, -0.15) is 10.2 Å². The minimum atomic E-state index is -0.584. The molecule has 2 aromatic heterocycles. The number of aryl methyl sites for hydroxylation is 1. The Morgan fingerprint density at radius 2 is 1.79 bits per heavy atom. The summed E-state index contributed by atoms with van der Waals surface area (Å²) in [6.45, 7) is 2.48. The Morgan fingerprint density at radius 3 is 2.41 bits per heavy atom. The van der Waals surface area contributed by atoms with E-state index in [9.17, 15) is 8.78 Å². The molecule has 0 radical (unpaired) electrons. The van der Waals surface area contributed by atoms with Gasteiger partial charge in [0.15, 0.2) is 0 Å². The van der Waals surface area contributed by atoms with E-state index >= 15 is 0 Å². The van der Waals surface area contributed by atoms with Crippen molar-refractivity contribution in [2.45, 2.75) is 25.3 Å². The maximum Gasteiger partial charge on any atom is 0.137 e. The van der Waals surface area contributed by atoms with E-state index in [0.717, 1.165) is 22.9 Å². The van der Waals surface area contributed by atoms with Gasteiger partial charge in [-0.05, 0) is 34.7 Å². The minimum absolute atomic E-state index is 0.0280.